The van der Waals surface area contributed by atoms with Crippen LogP contribution < -0.4 is 0 Å². The molecule has 1 unspecified atom stereocenters. The number of hydrogen-bond donors (Lipinski definition) is 0. The summed E-state index contributed by atoms with van der Waals surface area (Å²) in [6.07, 6.45) is 2.52. The van der Waals surface area contributed by atoms with Crippen LogP contribution in [0.25, 0.3) is 0 Å². The third-order valence-corrected chi connectivity index (χ3v) is 4.13. The minimum absolute atomic E-state index is 0.211. The molecule has 0 saturated carbocycles. The van der Waals surface area contributed by atoms with Gasteiger partial charge in [0.15, 0.2) is 5.78 Å². The second-order valence-corrected chi connectivity index (χ2v) is 6.15. The molecule has 1 aromatic rings. The number of nitrogens with zero attached hydrogens (tertiary/aromatic N) is 1. The van der Waals surface area contributed by atoms with Gasteiger partial charge in [0.05, 0.1) is 12.6 Å². The number of rotatable bonds is 6. The highest BCUT2D eigenvalue weighted by Gasteiger charge is 2.22. The topological polar surface area (TPSA) is 29.5 Å². The maximum absolute atomic E-state index is 12.4. The van der Waals surface area contributed by atoms with Crippen molar-refractivity contribution in [3.8, 4) is 0 Å². The molecule has 2 rings (SSSR count). The number of carbonyl (C=O) groups excluding carboxylic acids is 1. The summed E-state index contributed by atoms with van der Waals surface area (Å²) in [4.78, 5) is 14.6. The fraction of sp³-hybridized carbons (Fsp3) is 0.611. The number of ether oxygens (including phenoxy) is 1. The Balaban J connectivity index is 1.91. The summed E-state index contributed by atoms with van der Waals surface area (Å²) >= 11 is 0. The first-order valence-electron chi connectivity index (χ1n) is 8.07. The van der Waals surface area contributed by atoms with Crippen LogP contribution >= 0.6 is 0 Å². The number of carbonyl (C=O) groups is 1. The lowest BCUT2D eigenvalue weighted by molar-refractivity contribution is 0.00718. The summed E-state index contributed by atoms with van der Waals surface area (Å²) in [5.74, 6) is 0.714. The smallest absolute Gasteiger partial charge is 0.176 e. The highest BCUT2D eigenvalue weighted by atomic mass is 16.5. The van der Waals surface area contributed by atoms with Crippen LogP contribution in [0, 0.1) is 0 Å². The van der Waals surface area contributed by atoms with Crippen molar-refractivity contribution in [3.05, 3.63) is 35.4 Å². The van der Waals surface area contributed by atoms with Gasteiger partial charge < -0.3 is 4.74 Å². The van der Waals surface area contributed by atoms with Crippen molar-refractivity contribution in [2.45, 2.75) is 45.6 Å². The average Bonchev–Trinajstić information content (AvgIpc) is 2.48. The van der Waals surface area contributed by atoms with Crippen LogP contribution in [0.15, 0.2) is 24.3 Å². The molecule has 3 heteroatoms. The molecule has 1 aliphatic rings. The predicted molar refractivity (Wildman–Crippen MR) is 85.9 cm³/mol. The molecule has 0 radical (unpaired) electrons. The number of benzene rings is 1. The fourth-order valence-corrected chi connectivity index (χ4v) is 2.88. The van der Waals surface area contributed by atoms with Gasteiger partial charge in [-0.3, -0.25) is 9.69 Å². The van der Waals surface area contributed by atoms with E-state index >= 15 is 0 Å². The summed E-state index contributed by atoms with van der Waals surface area (Å²) in [5, 5.41) is 0. The SMILES string of the molecule is CCOC1CCCN(CC(=O)c2ccc(C(C)C)cc2)C1. The van der Waals surface area contributed by atoms with Crippen LogP contribution in [-0.2, 0) is 4.74 Å². The number of hydrogen-bond acceptors (Lipinski definition) is 3. The molecule has 1 saturated heterocycles. The molecule has 1 aliphatic heterocycles. The number of likely N-dealkylation sites (tertiary alicyclic amines) is 1. The van der Waals surface area contributed by atoms with Crippen molar-refractivity contribution < 1.29 is 9.53 Å². The quantitative estimate of drug-likeness (QED) is 0.751. The molecule has 0 aromatic heterocycles. The molecule has 1 aromatic carbocycles. The Kier molecular flexibility index (Phi) is 5.95. The monoisotopic (exact) mass is 289 g/mol. The van der Waals surface area contributed by atoms with Crippen molar-refractivity contribution >= 4 is 5.78 Å². The van der Waals surface area contributed by atoms with E-state index in [9.17, 15) is 4.79 Å². The second kappa shape index (κ2) is 7.71. The van der Waals surface area contributed by atoms with E-state index in [-0.39, 0.29) is 5.78 Å². The van der Waals surface area contributed by atoms with E-state index in [2.05, 4.69) is 30.9 Å². The summed E-state index contributed by atoms with van der Waals surface area (Å²) in [6.45, 7) is 9.49. The van der Waals surface area contributed by atoms with Gasteiger partial charge in [-0.2, -0.15) is 0 Å². The molecule has 116 valence electrons. The van der Waals surface area contributed by atoms with Gasteiger partial charge >= 0.3 is 0 Å². The zero-order valence-electron chi connectivity index (χ0n) is 13.5. The van der Waals surface area contributed by atoms with Crippen LogP contribution in [0.3, 0.4) is 0 Å². The zero-order chi connectivity index (χ0) is 15.2. The fourth-order valence-electron chi connectivity index (χ4n) is 2.88. The lowest BCUT2D eigenvalue weighted by atomic mass is 10.00. The van der Waals surface area contributed by atoms with Crippen molar-refractivity contribution in [3.63, 3.8) is 0 Å². The first-order valence-corrected chi connectivity index (χ1v) is 8.07. The van der Waals surface area contributed by atoms with Crippen LogP contribution in [0.5, 0.6) is 0 Å². The largest absolute Gasteiger partial charge is 0.377 e. The number of ketones is 1. The number of piperidine rings is 1. The molecular formula is C18H27NO2. The first-order chi connectivity index (χ1) is 10.1. The first kappa shape index (κ1) is 16.2. The highest BCUT2D eigenvalue weighted by molar-refractivity contribution is 5.97. The van der Waals surface area contributed by atoms with E-state index in [1.165, 1.54) is 5.56 Å². The summed E-state index contributed by atoms with van der Waals surface area (Å²) < 4.78 is 5.69. The third-order valence-electron chi connectivity index (χ3n) is 4.13. The molecule has 0 amide bonds. The van der Waals surface area contributed by atoms with E-state index in [4.69, 9.17) is 4.74 Å². The lowest BCUT2D eigenvalue weighted by Crippen LogP contribution is -2.42. The van der Waals surface area contributed by atoms with Gasteiger partial charge in [0.25, 0.3) is 0 Å². The molecule has 1 atom stereocenters. The summed E-state index contributed by atoms with van der Waals surface area (Å²) in [6, 6.07) is 8.05. The van der Waals surface area contributed by atoms with E-state index < -0.39 is 0 Å². The van der Waals surface area contributed by atoms with Crippen molar-refractivity contribution in [1.82, 2.24) is 4.90 Å². The molecule has 1 fully saturated rings. The minimum atomic E-state index is 0.211. The second-order valence-electron chi connectivity index (χ2n) is 6.15. The Morgan fingerprint density at radius 1 is 1.33 bits per heavy atom. The normalized spacial score (nSPS) is 19.9. The summed E-state index contributed by atoms with van der Waals surface area (Å²) in [7, 11) is 0. The molecule has 3 nitrogen and oxygen atoms in total. The van der Waals surface area contributed by atoms with Gasteiger partial charge in [-0.25, -0.2) is 0 Å². The molecular weight excluding hydrogens is 262 g/mol. The van der Waals surface area contributed by atoms with Crippen molar-refractivity contribution in [2.24, 2.45) is 0 Å². The van der Waals surface area contributed by atoms with Gasteiger partial charge in [-0.1, -0.05) is 38.1 Å². The third kappa shape index (κ3) is 4.65. The van der Waals surface area contributed by atoms with Gasteiger partial charge in [0.2, 0.25) is 0 Å². The maximum Gasteiger partial charge on any atom is 0.176 e. The van der Waals surface area contributed by atoms with Crippen LogP contribution in [0.4, 0.5) is 0 Å². The number of Topliss-reactive ketones (excluding diaryl/α,β-unsaturated/α-hetero) is 1. The summed E-state index contributed by atoms with van der Waals surface area (Å²) in [5.41, 5.74) is 2.10. The van der Waals surface area contributed by atoms with Crippen LogP contribution in [-0.4, -0.2) is 43.0 Å². The molecule has 0 aliphatic carbocycles. The lowest BCUT2D eigenvalue weighted by Gasteiger charge is -2.31. The minimum Gasteiger partial charge on any atom is -0.377 e. The Morgan fingerprint density at radius 3 is 2.67 bits per heavy atom. The standard InChI is InChI=1S/C18H27NO2/c1-4-21-17-6-5-11-19(12-17)13-18(20)16-9-7-15(8-10-16)14(2)3/h7-10,14,17H,4-6,11-13H2,1-3H3. The average molecular weight is 289 g/mol. The van der Waals surface area contributed by atoms with E-state index in [0.29, 0.717) is 18.6 Å². The van der Waals surface area contributed by atoms with Crippen molar-refractivity contribution in [2.75, 3.05) is 26.2 Å². The van der Waals surface area contributed by atoms with Crippen molar-refractivity contribution in [1.29, 1.82) is 0 Å². The van der Waals surface area contributed by atoms with E-state index in [1.54, 1.807) is 0 Å². The van der Waals surface area contributed by atoms with Gasteiger partial charge in [0, 0.05) is 18.7 Å². The Morgan fingerprint density at radius 2 is 2.05 bits per heavy atom. The van der Waals surface area contributed by atoms with Crippen LogP contribution in [0.2, 0.25) is 0 Å². The van der Waals surface area contributed by atoms with Gasteiger partial charge in [0.1, 0.15) is 0 Å². The zero-order valence-corrected chi connectivity index (χ0v) is 13.5. The Labute approximate surface area is 128 Å². The Hall–Kier alpha value is -1.19. The van der Waals surface area contributed by atoms with E-state index in [1.807, 2.05) is 19.1 Å². The predicted octanol–water partition coefficient (Wildman–Crippen LogP) is 3.49. The highest BCUT2D eigenvalue weighted by Crippen LogP contribution is 2.17. The molecule has 21 heavy (non-hydrogen) atoms. The maximum atomic E-state index is 12.4. The van der Waals surface area contributed by atoms with E-state index in [0.717, 1.165) is 38.1 Å². The Bertz CT molecular complexity index is 451. The van der Waals surface area contributed by atoms with Gasteiger partial charge in [-0.15, -0.1) is 0 Å². The molecule has 0 bridgehead atoms. The molecule has 0 N–H and O–H groups in total. The van der Waals surface area contributed by atoms with Crippen LogP contribution in [0.1, 0.15) is 55.5 Å². The van der Waals surface area contributed by atoms with Gasteiger partial charge in [-0.05, 0) is 37.8 Å². The molecule has 0 spiro atoms. The molecule has 1 heterocycles.